The minimum Gasteiger partial charge on any atom is -0.492 e. The monoisotopic (exact) mass is 429 g/mol. The average Bonchev–Trinajstić information content (AvgIpc) is 3.17. The zero-order valence-electron chi connectivity index (χ0n) is 17.5. The summed E-state index contributed by atoms with van der Waals surface area (Å²) in [6.07, 6.45) is 3.58. The maximum atomic E-state index is 12.7. The Bertz CT molecular complexity index is 1310. The van der Waals surface area contributed by atoms with Crippen LogP contribution in [0, 0.1) is 0 Å². The predicted molar refractivity (Wildman–Crippen MR) is 121 cm³/mol. The number of nitrogens with one attached hydrogen (secondary N) is 2. The summed E-state index contributed by atoms with van der Waals surface area (Å²) in [5.74, 6) is 1.85. The average molecular weight is 429 g/mol. The number of aromatic amines is 1. The number of carbonyl (C=O) groups excluding carboxylic acids is 1. The molecular formula is C24H23N5O3. The topological polar surface area (TPSA) is 102 Å². The van der Waals surface area contributed by atoms with Crippen molar-refractivity contribution in [2.24, 2.45) is 0 Å². The van der Waals surface area contributed by atoms with Crippen molar-refractivity contribution in [3.05, 3.63) is 82.5 Å². The first-order valence-electron chi connectivity index (χ1n) is 10.7. The first-order chi connectivity index (χ1) is 15.7. The number of fused-ring (bicyclic) bond motifs is 1. The van der Waals surface area contributed by atoms with Crippen molar-refractivity contribution >= 4 is 22.6 Å². The van der Waals surface area contributed by atoms with Gasteiger partial charge in [-0.1, -0.05) is 24.6 Å². The highest BCUT2D eigenvalue weighted by Crippen LogP contribution is 2.35. The van der Waals surface area contributed by atoms with Gasteiger partial charge in [-0.15, -0.1) is 0 Å². The third kappa shape index (κ3) is 4.25. The molecule has 2 heterocycles. The highest BCUT2D eigenvalue weighted by Gasteiger charge is 2.22. The number of imidazole rings is 1. The van der Waals surface area contributed by atoms with Crippen LogP contribution in [0.1, 0.15) is 41.5 Å². The van der Waals surface area contributed by atoms with Gasteiger partial charge in [-0.3, -0.25) is 9.59 Å². The quantitative estimate of drug-likeness (QED) is 0.466. The van der Waals surface area contributed by atoms with Crippen LogP contribution < -0.4 is 15.6 Å². The number of benzene rings is 2. The molecule has 8 nitrogen and oxygen atoms in total. The van der Waals surface area contributed by atoms with Gasteiger partial charge in [0.1, 0.15) is 23.9 Å². The van der Waals surface area contributed by atoms with Gasteiger partial charge in [0, 0.05) is 17.7 Å². The molecule has 0 atom stereocenters. The summed E-state index contributed by atoms with van der Waals surface area (Å²) in [6, 6.07) is 17.7. The maximum Gasteiger partial charge on any atom is 0.276 e. The molecule has 0 spiro atoms. The van der Waals surface area contributed by atoms with Gasteiger partial charge in [0.15, 0.2) is 0 Å². The zero-order valence-corrected chi connectivity index (χ0v) is 17.5. The molecule has 0 saturated heterocycles. The molecule has 0 unspecified atom stereocenters. The van der Waals surface area contributed by atoms with E-state index in [9.17, 15) is 9.59 Å². The van der Waals surface area contributed by atoms with Gasteiger partial charge in [0.2, 0.25) is 0 Å². The Morgan fingerprint density at radius 1 is 1.12 bits per heavy atom. The third-order valence-corrected chi connectivity index (χ3v) is 5.66. The molecule has 1 amide bonds. The second-order valence-electron chi connectivity index (χ2n) is 7.88. The van der Waals surface area contributed by atoms with E-state index in [1.807, 2.05) is 48.5 Å². The minimum absolute atomic E-state index is 0.157. The normalized spacial score (nSPS) is 13.6. The van der Waals surface area contributed by atoms with Crippen molar-refractivity contribution in [2.45, 2.75) is 31.7 Å². The van der Waals surface area contributed by atoms with E-state index in [4.69, 9.17) is 4.74 Å². The minimum atomic E-state index is -0.388. The molecule has 5 rings (SSSR count). The Kier molecular flexibility index (Phi) is 5.41. The second kappa shape index (κ2) is 8.66. The molecular weight excluding hydrogens is 406 g/mol. The van der Waals surface area contributed by atoms with Crippen LogP contribution in [0.4, 0.5) is 5.69 Å². The Morgan fingerprint density at radius 2 is 1.97 bits per heavy atom. The number of amides is 1. The fraction of sp³-hybridized carbons (Fsp3) is 0.250. The predicted octanol–water partition coefficient (Wildman–Crippen LogP) is 3.72. The molecule has 1 aliphatic rings. The van der Waals surface area contributed by atoms with Gasteiger partial charge < -0.3 is 15.0 Å². The van der Waals surface area contributed by atoms with Crippen molar-refractivity contribution < 1.29 is 9.53 Å². The van der Waals surface area contributed by atoms with Crippen LogP contribution in [-0.2, 0) is 6.54 Å². The Labute approximate surface area is 184 Å². The molecule has 0 bridgehead atoms. The number of H-pyrrole nitrogens is 1. The molecule has 2 aromatic heterocycles. The van der Waals surface area contributed by atoms with Crippen molar-refractivity contribution in [1.29, 1.82) is 0 Å². The van der Waals surface area contributed by atoms with Crippen molar-refractivity contribution in [3.8, 4) is 5.75 Å². The van der Waals surface area contributed by atoms with Gasteiger partial charge in [0.25, 0.3) is 11.5 Å². The lowest BCUT2D eigenvalue weighted by atomic mass is 9.85. The molecule has 1 aliphatic carbocycles. The molecule has 4 aromatic rings. The van der Waals surface area contributed by atoms with Crippen LogP contribution in [0.25, 0.3) is 11.0 Å². The number of nitrogens with zero attached hydrogens (tertiary/aromatic N) is 3. The number of rotatable bonds is 7. The third-order valence-electron chi connectivity index (χ3n) is 5.66. The van der Waals surface area contributed by atoms with Gasteiger partial charge in [-0.25, -0.2) is 9.67 Å². The highest BCUT2D eigenvalue weighted by molar-refractivity contribution is 6.03. The SMILES string of the molecule is O=C(Nc1ccc2nc(C3CCC3)[nH]c2c1)c1ccc(=O)n(CCOc2ccccc2)n1. The summed E-state index contributed by atoms with van der Waals surface area (Å²) in [7, 11) is 0. The highest BCUT2D eigenvalue weighted by atomic mass is 16.5. The van der Waals surface area contributed by atoms with Crippen LogP contribution in [0.15, 0.2) is 65.5 Å². The lowest BCUT2D eigenvalue weighted by Crippen LogP contribution is -2.28. The van der Waals surface area contributed by atoms with Crippen molar-refractivity contribution in [2.75, 3.05) is 11.9 Å². The molecule has 32 heavy (non-hydrogen) atoms. The van der Waals surface area contributed by atoms with E-state index in [2.05, 4.69) is 20.4 Å². The Balaban J connectivity index is 1.26. The van der Waals surface area contributed by atoms with Crippen LogP contribution >= 0.6 is 0 Å². The van der Waals surface area contributed by atoms with Gasteiger partial charge >= 0.3 is 0 Å². The van der Waals surface area contributed by atoms with Gasteiger partial charge in [-0.2, -0.15) is 5.10 Å². The lowest BCUT2D eigenvalue weighted by Gasteiger charge is -2.22. The van der Waals surface area contributed by atoms with Crippen molar-refractivity contribution in [3.63, 3.8) is 0 Å². The van der Waals surface area contributed by atoms with Crippen LogP contribution in [-0.4, -0.2) is 32.3 Å². The number of para-hydroxylation sites is 1. The van der Waals surface area contributed by atoms with E-state index >= 15 is 0 Å². The van der Waals surface area contributed by atoms with Gasteiger partial charge in [-0.05, 0) is 49.2 Å². The first-order valence-corrected chi connectivity index (χ1v) is 10.7. The molecule has 8 heteroatoms. The number of aromatic nitrogens is 4. The summed E-state index contributed by atoms with van der Waals surface area (Å²) in [5.41, 5.74) is 2.28. The fourth-order valence-corrected chi connectivity index (χ4v) is 3.67. The number of ether oxygens (including phenoxy) is 1. The molecule has 0 aliphatic heterocycles. The zero-order chi connectivity index (χ0) is 21.9. The van der Waals surface area contributed by atoms with Crippen LogP contribution in [0.3, 0.4) is 0 Å². The number of hydrogen-bond donors (Lipinski definition) is 2. The smallest absolute Gasteiger partial charge is 0.276 e. The van der Waals surface area contributed by atoms with Crippen LogP contribution in [0.5, 0.6) is 5.75 Å². The summed E-state index contributed by atoms with van der Waals surface area (Å²) in [5, 5.41) is 7.05. The molecule has 0 radical (unpaired) electrons. The fourth-order valence-electron chi connectivity index (χ4n) is 3.67. The molecule has 162 valence electrons. The largest absolute Gasteiger partial charge is 0.492 e. The first kappa shape index (κ1) is 20.0. The molecule has 1 fully saturated rings. The number of hydrogen-bond acceptors (Lipinski definition) is 5. The molecule has 2 aromatic carbocycles. The maximum absolute atomic E-state index is 12.7. The summed E-state index contributed by atoms with van der Waals surface area (Å²) >= 11 is 0. The van der Waals surface area contributed by atoms with Crippen LogP contribution in [0.2, 0.25) is 0 Å². The van der Waals surface area contributed by atoms with E-state index in [0.717, 1.165) is 16.9 Å². The number of anilines is 1. The van der Waals surface area contributed by atoms with E-state index < -0.39 is 0 Å². The Hall–Kier alpha value is -3.94. The standard InChI is InChI=1S/C24H23N5O3/c30-22-12-11-20(28-29(22)13-14-32-18-7-2-1-3-8-18)24(31)25-17-9-10-19-21(15-17)27-23(26-19)16-5-4-6-16/h1-3,7-12,15-16H,4-6,13-14H2,(H,25,31)(H,26,27). The second-order valence-corrected chi connectivity index (χ2v) is 7.88. The summed E-state index contributed by atoms with van der Waals surface area (Å²) < 4.78 is 6.86. The van der Waals surface area contributed by atoms with E-state index in [0.29, 0.717) is 17.4 Å². The lowest BCUT2D eigenvalue weighted by molar-refractivity contribution is 0.101. The van der Waals surface area contributed by atoms with Crippen molar-refractivity contribution in [1.82, 2.24) is 19.7 Å². The Morgan fingerprint density at radius 3 is 2.75 bits per heavy atom. The molecule has 1 saturated carbocycles. The summed E-state index contributed by atoms with van der Waals surface area (Å²) in [6.45, 7) is 0.501. The molecule has 2 N–H and O–H groups in total. The summed E-state index contributed by atoms with van der Waals surface area (Å²) in [4.78, 5) is 32.9. The van der Waals surface area contributed by atoms with E-state index in [1.54, 1.807) is 0 Å². The van der Waals surface area contributed by atoms with E-state index in [1.165, 1.54) is 36.1 Å². The van der Waals surface area contributed by atoms with Gasteiger partial charge in [0.05, 0.1) is 17.6 Å². The van der Waals surface area contributed by atoms with E-state index in [-0.39, 0.29) is 30.3 Å². The number of carbonyl (C=O) groups is 1.